The van der Waals surface area contributed by atoms with Crippen molar-refractivity contribution < 1.29 is 18.0 Å². The number of amides is 2. The molecule has 6 nitrogen and oxygen atoms in total. The smallest absolute Gasteiger partial charge is 0.267 e. The number of halogens is 2. The largest absolute Gasteiger partial charge is 0.324 e. The third-order valence-corrected chi connectivity index (χ3v) is 6.81. The molecular weight excluding hydrogens is 411 g/mol. The van der Waals surface area contributed by atoms with E-state index in [0.717, 1.165) is 5.56 Å². The van der Waals surface area contributed by atoms with E-state index in [2.05, 4.69) is 5.32 Å². The normalized spacial score (nSPS) is 17.2. The number of carbonyl (C=O) groups excluding carboxylic acids is 2. The first-order chi connectivity index (χ1) is 12.7. The third kappa shape index (κ3) is 3.95. The van der Waals surface area contributed by atoms with Crippen LogP contribution in [0.2, 0.25) is 10.0 Å². The molecule has 1 aliphatic heterocycles. The summed E-state index contributed by atoms with van der Waals surface area (Å²) in [5.74, 6) is -1.21. The van der Waals surface area contributed by atoms with Crippen LogP contribution in [0.1, 0.15) is 18.4 Å². The SMILES string of the molecule is Cc1ccc(S(=O)(=O)N2C(=O)CCC2C(=O)Nc2ccc(Cl)c(Cl)c2)cc1. The van der Waals surface area contributed by atoms with Gasteiger partial charge in [0.1, 0.15) is 6.04 Å². The molecule has 1 aliphatic rings. The Morgan fingerprint density at radius 2 is 1.78 bits per heavy atom. The minimum atomic E-state index is -4.13. The average Bonchev–Trinajstić information content (AvgIpc) is 3.01. The van der Waals surface area contributed by atoms with Gasteiger partial charge in [0, 0.05) is 12.1 Å². The van der Waals surface area contributed by atoms with Gasteiger partial charge >= 0.3 is 0 Å². The van der Waals surface area contributed by atoms with Gasteiger partial charge in [-0.1, -0.05) is 40.9 Å². The number of carbonyl (C=O) groups is 2. The highest BCUT2D eigenvalue weighted by Crippen LogP contribution is 2.29. The highest BCUT2D eigenvalue weighted by Gasteiger charge is 2.44. The summed E-state index contributed by atoms with van der Waals surface area (Å²) in [4.78, 5) is 24.9. The van der Waals surface area contributed by atoms with Crippen molar-refractivity contribution in [3.63, 3.8) is 0 Å². The van der Waals surface area contributed by atoms with Gasteiger partial charge in [0.15, 0.2) is 0 Å². The van der Waals surface area contributed by atoms with Gasteiger partial charge in [-0.05, 0) is 43.7 Å². The number of nitrogens with zero attached hydrogens (tertiary/aromatic N) is 1. The fraction of sp³-hybridized carbons (Fsp3) is 0.222. The zero-order valence-electron chi connectivity index (χ0n) is 14.3. The molecule has 0 aliphatic carbocycles. The molecule has 0 spiro atoms. The number of hydrogen-bond acceptors (Lipinski definition) is 4. The number of nitrogens with one attached hydrogen (secondary N) is 1. The number of sulfonamides is 1. The van der Waals surface area contributed by atoms with Gasteiger partial charge in [-0.15, -0.1) is 0 Å². The molecule has 0 saturated carbocycles. The lowest BCUT2D eigenvalue weighted by molar-refractivity contribution is -0.128. The van der Waals surface area contributed by atoms with E-state index in [-0.39, 0.29) is 22.8 Å². The van der Waals surface area contributed by atoms with E-state index in [0.29, 0.717) is 15.0 Å². The predicted octanol–water partition coefficient (Wildman–Crippen LogP) is 3.62. The summed E-state index contributed by atoms with van der Waals surface area (Å²) in [6.07, 6.45) is 0.0850. The van der Waals surface area contributed by atoms with Crippen LogP contribution in [0, 0.1) is 6.92 Å². The number of aryl methyl sites for hydroxylation is 1. The minimum absolute atomic E-state index is 0.0233. The van der Waals surface area contributed by atoms with Crippen LogP contribution in [0.4, 0.5) is 5.69 Å². The van der Waals surface area contributed by atoms with Crippen LogP contribution in [0.15, 0.2) is 47.4 Å². The molecule has 2 aromatic carbocycles. The summed E-state index contributed by atoms with van der Waals surface area (Å²) >= 11 is 11.8. The minimum Gasteiger partial charge on any atom is -0.324 e. The molecule has 27 heavy (non-hydrogen) atoms. The zero-order valence-corrected chi connectivity index (χ0v) is 16.6. The van der Waals surface area contributed by atoms with Crippen LogP contribution in [0.25, 0.3) is 0 Å². The standard InChI is InChI=1S/C18H16Cl2N2O4S/c1-11-2-5-13(6-3-11)27(25,26)22-16(8-9-17(22)23)18(24)21-12-4-7-14(19)15(20)10-12/h2-7,10,16H,8-9H2,1H3,(H,21,24). The van der Waals surface area contributed by atoms with Crippen molar-refractivity contribution in [1.29, 1.82) is 0 Å². The molecule has 142 valence electrons. The Labute approximate surface area is 167 Å². The first-order valence-electron chi connectivity index (χ1n) is 8.10. The van der Waals surface area contributed by atoms with Crippen LogP contribution in [-0.2, 0) is 19.6 Å². The second kappa shape index (κ2) is 7.50. The topological polar surface area (TPSA) is 83.6 Å². The van der Waals surface area contributed by atoms with Crippen molar-refractivity contribution in [2.75, 3.05) is 5.32 Å². The summed E-state index contributed by atoms with van der Waals surface area (Å²) in [7, 11) is -4.13. The summed E-state index contributed by atoms with van der Waals surface area (Å²) in [5.41, 5.74) is 1.25. The van der Waals surface area contributed by atoms with Crippen LogP contribution in [-0.4, -0.2) is 30.6 Å². The van der Waals surface area contributed by atoms with E-state index in [1.54, 1.807) is 18.2 Å². The van der Waals surface area contributed by atoms with Crippen LogP contribution in [0.3, 0.4) is 0 Å². The van der Waals surface area contributed by atoms with Gasteiger partial charge in [0.25, 0.3) is 10.0 Å². The van der Waals surface area contributed by atoms with Gasteiger partial charge < -0.3 is 5.32 Å². The van der Waals surface area contributed by atoms with Crippen molar-refractivity contribution in [2.45, 2.75) is 30.7 Å². The zero-order chi connectivity index (χ0) is 19.8. The van der Waals surface area contributed by atoms with Gasteiger partial charge in [-0.3, -0.25) is 9.59 Å². The molecule has 9 heteroatoms. The van der Waals surface area contributed by atoms with Gasteiger partial charge in [-0.25, -0.2) is 12.7 Å². The second-order valence-electron chi connectivity index (χ2n) is 6.18. The lowest BCUT2D eigenvalue weighted by Gasteiger charge is -2.23. The molecular formula is C18H16Cl2N2O4S. The number of rotatable bonds is 4. The molecule has 1 saturated heterocycles. The molecule has 0 bridgehead atoms. The average molecular weight is 427 g/mol. The highest BCUT2D eigenvalue weighted by molar-refractivity contribution is 7.89. The van der Waals surface area contributed by atoms with Crippen molar-refractivity contribution in [1.82, 2.24) is 4.31 Å². The van der Waals surface area contributed by atoms with Gasteiger partial charge in [0.05, 0.1) is 14.9 Å². The molecule has 0 radical (unpaired) electrons. The molecule has 1 atom stereocenters. The quantitative estimate of drug-likeness (QED) is 0.808. The Balaban J connectivity index is 1.88. The van der Waals surface area contributed by atoms with Crippen molar-refractivity contribution in [3.8, 4) is 0 Å². The Morgan fingerprint density at radius 3 is 2.41 bits per heavy atom. The fourth-order valence-electron chi connectivity index (χ4n) is 2.82. The maximum Gasteiger partial charge on any atom is 0.267 e. The number of anilines is 1. The first-order valence-corrected chi connectivity index (χ1v) is 10.3. The summed E-state index contributed by atoms with van der Waals surface area (Å²) in [5, 5.41) is 3.17. The molecule has 1 unspecified atom stereocenters. The van der Waals surface area contributed by atoms with E-state index in [1.807, 2.05) is 6.92 Å². The third-order valence-electron chi connectivity index (χ3n) is 4.23. The van der Waals surface area contributed by atoms with Crippen LogP contribution in [0.5, 0.6) is 0 Å². The number of benzene rings is 2. The van der Waals surface area contributed by atoms with Gasteiger partial charge in [0.2, 0.25) is 11.8 Å². The Hall–Kier alpha value is -2.09. The maximum absolute atomic E-state index is 12.9. The predicted molar refractivity (Wildman–Crippen MR) is 103 cm³/mol. The van der Waals surface area contributed by atoms with E-state index < -0.39 is 27.9 Å². The van der Waals surface area contributed by atoms with E-state index in [9.17, 15) is 18.0 Å². The van der Waals surface area contributed by atoms with E-state index in [1.165, 1.54) is 24.3 Å². The maximum atomic E-state index is 12.9. The van der Waals surface area contributed by atoms with E-state index >= 15 is 0 Å². The summed E-state index contributed by atoms with van der Waals surface area (Å²) in [6, 6.07) is 9.50. The molecule has 2 amide bonds. The fourth-order valence-corrected chi connectivity index (χ4v) is 4.72. The molecule has 0 aromatic heterocycles. The van der Waals surface area contributed by atoms with Crippen molar-refractivity contribution >= 4 is 50.7 Å². The second-order valence-corrected chi connectivity index (χ2v) is 8.81. The highest BCUT2D eigenvalue weighted by atomic mass is 35.5. The van der Waals surface area contributed by atoms with Crippen LogP contribution >= 0.6 is 23.2 Å². The van der Waals surface area contributed by atoms with Crippen molar-refractivity contribution in [3.05, 3.63) is 58.1 Å². The Kier molecular flexibility index (Phi) is 5.46. The lowest BCUT2D eigenvalue weighted by Crippen LogP contribution is -2.45. The molecule has 3 rings (SSSR count). The van der Waals surface area contributed by atoms with E-state index in [4.69, 9.17) is 23.2 Å². The van der Waals surface area contributed by atoms with Crippen molar-refractivity contribution in [2.24, 2.45) is 0 Å². The first kappa shape index (κ1) is 19.7. The molecule has 1 heterocycles. The molecule has 1 fully saturated rings. The van der Waals surface area contributed by atoms with Crippen LogP contribution < -0.4 is 5.32 Å². The lowest BCUT2D eigenvalue weighted by atomic mass is 10.2. The monoisotopic (exact) mass is 426 g/mol. The molecule has 2 aromatic rings. The Bertz CT molecular complexity index is 1010. The summed E-state index contributed by atoms with van der Waals surface area (Å²) < 4.78 is 26.5. The number of hydrogen-bond donors (Lipinski definition) is 1. The summed E-state index contributed by atoms with van der Waals surface area (Å²) in [6.45, 7) is 1.82. The Morgan fingerprint density at radius 1 is 1.11 bits per heavy atom. The van der Waals surface area contributed by atoms with Gasteiger partial charge in [-0.2, -0.15) is 0 Å². The molecule has 1 N–H and O–H groups in total.